The summed E-state index contributed by atoms with van der Waals surface area (Å²) in [5, 5.41) is 12.2. The largest absolute Gasteiger partial charge is 0.368 e. The molecule has 0 saturated heterocycles. The van der Waals surface area contributed by atoms with Crippen molar-refractivity contribution < 1.29 is 0 Å². The zero-order valence-corrected chi connectivity index (χ0v) is 15.0. The summed E-state index contributed by atoms with van der Waals surface area (Å²) in [6.45, 7) is 4.03. The lowest BCUT2D eigenvalue weighted by atomic mass is 10.1. The molecule has 0 spiro atoms. The third kappa shape index (κ3) is 4.18. The molecule has 0 fully saturated rings. The Morgan fingerprint density at radius 1 is 1.17 bits per heavy atom. The summed E-state index contributed by atoms with van der Waals surface area (Å²) in [6, 6.07) is 8.05. The molecule has 2 aromatic heterocycles. The van der Waals surface area contributed by atoms with E-state index in [9.17, 15) is 0 Å². The Hall–Kier alpha value is -2.26. The number of hydrogen-bond acceptors (Lipinski definition) is 9. The zero-order valence-electron chi connectivity index (χ0n) is 13.4. The number of rotatable bonds is 6. The van der Waals surface area contributed by atoms with Gasteiger partial charge in [-0.15, -0.1) is 10.2 Å². The number of nitrogens with two attached hydrogens (primary N) is 1. The molecule has 124 valence electrons. The van der Waals surface area contributed by atoms with Crippen LogP contribution in [0.5, 0.6) is 0 Å². The van der Waals surface area contributed by atoms with Gasteiger partial charge >= 0.3 is 0 Å². The van der Waals surface area contributed by atoms with E-state index >= 15 is 0 Å². The molecule has 0 aliphatic rings. The molecule has 0 bridgehead atoms. The molecule has 0 unspecified atom stereocenters. The fourth-order valence-corrected chi connectivity index (χ4v) is 3.76. The number of nitrogens with zero attached hydrogens (tertiary/aromatic N) is 5. The SMILES string of the molecule is CCc1ccccc1Nc1nc(N)nc(CSc2nnc(C)s2)n1. The van der Waals surface area contributed by atoms with Gasteiger partial charge in [-0.2, -0.15) is 15.0 Å². The second-order valence-electron chi connectivity index (χ2n) is 4.94. The molecule has 0 amide bonds. The van der Waals surface area contributed by atoms with Crippen LogP contribution in [0.1, 0.15) is 23.3 Å². The highest BCUT2D eigenvalue weighted by Crippen LogP contribution is 2.25. The Kier molecular flexibility index (Phi) is 5.21. The van der Waals surface area contributed by atoms with E-state index in [1.54, 1.807) is 11.3 Å². The Labute approximate surface area is 148 Å². The first-order valence-corrected chi connectivity index (χ1v) is 9.22. The smallest absolute Gasteiger partial charge is 0.232 e. The van der Waals surface area contributed by atoms with Crippen LogP contribution < -0.4 is 11.1 Å². The maximum atomic E-state index is 5.82. The van der Waals surface area contributed by atoms with Crippen molar-refractivity contribution in [1.29, 1.82) is 0 Å². The monoisotopic (exact) mass is 359 g/mol. The van der Waals surface area contributed by atoms with Crippen molar-refractivity contribution in [3.8, 4) is 0 Å². The Morgan fingerprint density at radius 3 is 2.75 bits per heavy atom. The molecule has 24 heavy (non-hydrogen) atoms. The van der Waals surface area contributed by atoms with Crippen molar-refractivity contribution in [3.05, 3.63) is 40.7 Å². The van der Waals surface area contributed by atoms with Crippen molar-refractivity contribution in [1.82, 2.24) is 25.1 Å². The normalized spacial score (nSPS) is 10.8. The van der Waals surface area contributed by atoms with Gasteiger partial charge in [0.15, 0.2) is 4.34 Å². The zero-order chi connectivity index (χ0) is 16.9. The lowest BCUT2D eigenvalue weighted by Crippen LogP contribution is -2.07. The van der Waals surface area contributed by atoms with E-state index in [2.05, 4.69) is 43.5 Å². The lowest BCUT2D eigenvalue weighted by Gasteiger charge is -2.10. The summed E-state index contributed by atoms with van der Waals surface area (Å²) in [5.74, 6) is 1.82. The minimum absolute atomic E-state index is 0.200. The summed E-state index contributed by atoms with van der Waals surface area (Å²) in [6.07, 6.45) is 0.919. The first-order valence-electron chi connectivity index (χ1n) is 7.42. The molecular formula is C15H17N7S2. The van der Waals surface area contributed by atoms with Crippen LogP contribution >= 0.6 is 23.1 Å². The van der Waals surface area contributed by atoms with E-state index in [0.29, 0.717) is 17.5 Å². The van der Waals surface area contributed by atoms with Gasteiger partial charge in [-0.3, -0.25) is 0 Å². The number of thioether (sulfide) groups is 1. The number of aromatic nitrogens is 5. The van der Waals surface area contributed by atoms with Gasteiger partial charge in [0.2, 0.25) is 11.9 Å². The highest BCUT2D eigenvalue weighted by molar-refractivity contribution is 8.00. The van der Waals surface area contributed by atoms with Gasteiger partial charge in [-0.1, -0.05) is 48.2 Å². The van der Waals surface area contributed by atoms with E-state index in [1.807, 2.05) is 25.1 Å². The van der Waals surface area contributed by atoms with Crippen LogP contribution in [0.2, 0.25) is 0 Å². The van der Waals surface area contributed by atoms with E-state index < -0.39 is 0 Å². The van der Waals surface area contributed by atoms with E-state index in [4.69, 9.17) is 5.73 Å². The number of aryl methyl sites for hydroxylation is 2. The molecule has 0 aliphatic carbocycles. The van der Waals surface area contributed by atoms with Gasteiger partial charge in [0.25, 0.3) is 0 Å². The second kappa shape index (κ2) is 7.54. The van der Waals surface area contributed by atoms with Crippen LogP contribution in [0, 0.1) is 6.92 Å². The van der Waals surface area contributed by atoms with Gasteiger partial charge < -0.3 is 11.1 Å². The average molecular weight is 359 g/mol. The molecule has 1 aromatic carbocycles. The first-order chi connectivity index (χ1) is 11.6. The number of nitrogens with one attached hydrogen (secondary N) is 1. The number of nitrogen functional groups attached to an aromatic ring is 1. The molecule has 0 aliphatic heterocycles. The molecule has 3 rings (SSSR count). The second-order valence-corrected chi connectivity index (χ2v) is 7.35. The molecule has 0 radical (unpaired) electrons. The fourth-order valence-electron chi connectivity index (χ4n) is 2.09. The van der Waals surface area contributed by atoms with Crippen molar-refractivity contribution in [2.75, 3.05) is 11.1 Å². The molecule has 9 heteroatoms. The predicted octanol–water partition coefficient (Wildman–Crippen LogP) is 3.21. The van der Waals surface area contributed by atoms with Crippen LogP contribution in [0.25, 0.3) is 0 Å². The Bertz CT molecular complexity index is 834. The minimum atomic E-state index is 0.200. The van der Waals surface area contributed by atoms with Crippen LogP contribution in [0.4, 0.5) is 17.6 Å². The Morgan fingerprint density at radius 2 is 2.00 bits per heavy atom. The predicted molar refractivity (Wildman–Crippen MR) is 97.5 cm³/mol. The average Bonchev–Trinajstić information content (AvgIpc) is 2.98. The van der Waals surface area contributed by atoms with Crippen molar-refractivity contribution >= 4 is 40.7 Å². The number of para-hydroxylation sites is 1. The fraction of sp³-hybridized carbons (Fsp3) is 0.267. The van der Waals surface area contributed by atoms with Gasteiger partial charge in [0.1, 0.15) is 10.8 Å². The number of hydrogen-bond donors (Lipinski definition) is 2. The molecule has 3 aromatic rings. The van der Waals surface area contributed by atoms with Crippen molar-refractivity contribution in [3.63, 3.8) is 0 Å². The standard InChI is InChI=1S/C15H17N7S2/c1-3-10-6-4-5-7-11(10)17-14-19-12(18-13(16)20-14)8-23-15-22-21-9(2)24-15/h4-7H,3,8H2,1-2H3,(H3,16,17,18,19,20). The summed E-state index contributed by atoms with van der Waals surface area (Å²) in [5.41, 5.74) is 7.99. The van der Waals surface area contributed by atoms with Crippen LogP contribution in [-0.4, -0.2) is 25.1 Å². The molecule has 0 atom stereocenters. The molecule has 7 nitrogen and oxygen atoms in total. The van der Waals surface area contributed by atoms with Gasteiger partial charge in [0, 0.05) is 5.69 Å². The van der Waals surface area contributed by atoms with Crippen molar-refractivity contribution in [2.24, 2.45) is 0 Å². The Balaban J connectivity index is 1.76. The van der Waals surface area contributed by atoms with E-state index in [1.165, 1.54) is 17.3 Å². The topological polar surface area (TPSA) is 102 Å². The van der Waals surface area contributed by atoms with Crippen LogP contribution in [0.15, 0.2) is 28.6 Å². The number of anilines is 3. The third-order valence-electron chi connectivity index (χ3n) is 3.18. The highest BCUT2D eigenvalue weighted by atomic mass is 32.2. The quantitative estimate of drug-likeness (QED) is 0.647. The van der Waals surface area contributed by atoms with Crippen molar-refractivity contribution in [2.45, 2.75) is 30.4 Å². The summed E-state index contributed by atoms with van der Waals surface area (Å²) >= 11 is 3.08. The van der Waals surface area contributed by atoms with Crippen LogP contribution in [0.3, 0.4) is 0 Å². The van der Waals surface area contributed by atoms with E-state index in [-0.39, 0.29) is 5.95 Å². The first kappa shape index (κ1) is 16.6. The number of benzene rings is 1. The van der Waals surface area contributed by atoms with Gasteiger partial charge in [-0.05, 0) is 25.0 Å². The maximum absolute atomic E-state index is 5.82. The third-order valence-corrected chi connectivity index (χ3v) is 5.14. The molecule has 0 saturated carbocycles. The summed E-state index contributed by atoms with van der Waals surface area (Å²) in [4.78, 5) is 12.8. The lowest BCUT2D eigenvalue weighted by molar-refractivity contribution is 0.967. The summed E-state index contributed by atoms with van der Waals surface area (Å²) in [7, 11) is 0. The highest BCUT2D eigenvalue weighted by Gasteiger charge is 2.09. The van der Waals surface area contributed by atoms with Gasteiger partial charge in [0.05, 0.1) is 5.75 Å². The molecule has 2 heterocycles. The summed E-state index contributed by atoms with van der Waals surface area (Å²) < 4.78 is 0.886. The van der Waals surface area contributed by atoms with Crippen LogP contribution in [-0.2, 0) is 12.2 Å². The molecular weight excluding hydrogens is 342 g/mol. The molecule has 3 N–H and O–H groups in total. The van der Waals surface area contributed by atoms with E-state index in [0.717, 1.165) is 21.5 Å². The maximum Gasteiger partial charge on any atom is 0.232 e. The minimum Gasteiger partial charge on any atom is -0.368 e. The van der Waals surface area contributed by atoms with Gasteiger partial charge in [-0.25, -0.2) is 0 Å².